The molecule has 0 aliphatic carbocycles. The molecule has 1 heterocycles. The van der Waals surface area contributed by atoms with E-state index >= 15 is 0 Å². The molecule has 1 aliphatic heterocycles. The SMILES string of the molecule is O=C(Nc1cccc(OC(F)F)c1)C1=Cc2cc(Cl)ccc2OC1. The fourth-order valence-corrected chi connectivity index (χ4v) is 2.42. The summed E-state index contributed by atoms with van der Waals surface area (Å²) in [7, 11) is 0. The van der Waals surface area contributed by atoms with Crippen LogP contribution in [0, 0.1) is 0 Å². The summed E-state index contributed by atoms with van der Waals surface area (Å²) in [6, 6.07) is 10.9. The second-order valence-corrected chi connectivity index (χ2v) is 5.44. The summed E-state index contributed by atoms with van der Waals surface area (Å²) in [4.78, 5) is 12.3. The summed E-state index contributed by atoms with van der Waals surface area (Å²) < 4.78 is 34.3. The quantitative estimate of drug-likeness (QED) is 0.890. The monoisotopic (exact) mass is 351 g/mol. The first-order valence-corrected chi connectivity index (χ1v) is 7.38. The van der Waals surface area contributed by atoms with Crippen molar-refractivity contribution in [1.29, 1.82) is 0 Å². The lowest BCUT2D eigenvalue weighted by atomic mass is 10.1. The van der Waals surface area contributed by atoms with Crippen molar-refractivity contribution in [1.82, 2.24) is 0 Å². The molecule has 1 amide bonds. The van der Waals surface area contributed by atoms with E-state index in [1.165, 1.54) is 18.2 Å². The van der Waals surface area contributed by atoms with Crippen LogP contribution in [0.3, 0.4) is 0 Å². The Hall–Kier alpha value is -2.60. The molecule has 0 saturated carbocycles. The Labute approximate surface area is 141 Å². The Kier molecular flexibility index (Phi) is 4.66. The molecule has 0 fully saturated rings. The van der Waals surface area contributed by atoms with E-state index in [9.17, 15) is 13.6 Å². The molecule has 124 valence electrons. The van der Waals surface area contributed by atoms with E-state index in [1.54, 1.807) is 30.3 Å². The minimum atomic E-state index is -2.92. The van der Waals surface area contributed by atoms with Gasteiger partial charge in [0.05, 0.1) is 5.57 Å². The number of fused-ring (bicyclic) bond motifs is 1. The number of anilines is 1. The van der Waals surface area contributed by atoms with Crippen molar-refractivity contribution in [2.45, 2.75) is 6.61 Å². The second kappa shape index (κ2) is 6.88. The molecular formula is C17H12ClF2NO3. The maximum absolute atomic E-state index is 12.3. The molecule has 2 aromatic rings. The molecule has 0 unspecified atom stereocenters. The highest BCUT2D eigenvalue weighted by molar-refractivity contribution is 6.30. The van der Waals surface area contributed by atoms with Crippen LogP contribution in [0.2, 0.25) is 5.02 Å². The molecule has 24 heavy (non-hydrogen) atoms. The smallest absolute Gasteiger partial charge is 0.387 e. The van der Waals surface area contributed by atoms with Gasteiger partial charge >= 0.3 is 6.61 Å². The van der Waals surface area contributed by atoms with Gasteiger partial charge in [0.2, 0.25) is 0 Å². The molecule has 1 N–H and O–H groups in total. The highest BCUT2D eigenvalue weighted by atomic mass is 35.5. The molecule has 0 atom stereocenters. The molecule has 4 nitrogen and oxygen atoms in total. The van der Waals surface area contributed by atoms with Crippen LogP contribution >= 0.6 is 11.6 Å². The summed E-state index contributed by atoms with van der Waals surface area (Å²) in [6.07, 6.45) is 1.68. The number of alkyl halides is 2. The van der Waals surface area contributed by atoms with Gasteiger partial charge in [-0.2, -0.15) is 8.78 Å². The maximum Gasteiger partial charge on any atom is 0.387 e. The lowest BCUT2D eigenvalue weighted by Crippen LogP contribution is -2.21. The number of amides is 1. The van der Waals surface area contributed by atoms with Gasteiger partial charge in [0.25, 0.3) is 5.91 Å². The Bertz CT molecular complexity index is 808. The zero-order chi connectivity index (χ0) is 17.1. The number of carbonyl (C=O) groups excluding carboxylic acids is 1. The third-order valence-electron chi connectivity index (χ3n) is 3.29. The van der Waals surface area contributed by atoms with Crippen LogP contribution in [0.1, 0.15) is 5.56 Å². The zero-order valence-electron chi connectivity index (χ0n) is 12.3. The largest absolute Gasteiger partial charge is 0.488 e. The van der Waals surface area contributed by atoms with Crippen molar-refractivity contribution in [3.05, 3.63) is 58.6 Å². The van der Waals surface area contributed by atoms with Crippen molar-refractivity contribution >= 4 is 29.3 Å². The second-order valence-electron chi connectivity index (χ2n) is 5.00. The lowest BCUT2D eigenvalue weighted by molar-refractivity contribution is -0.113. The number of benzene rings is 2. The van der Waals surface area contributed by atoms with Crippen molar-refractivity contribution in [3.8, 4) is 11.5 Å². The molecular weight excluding hydrogens is 340 g/mol. The van der Waals surface area contributed by atoms with E-state index in [0.29, 0.717) is 27.6 Å². The highest BCUT2D eigenvalue weighted by Crippen LogP contribution is 2.29. The van der Waals surface area contributed by atoms with Gasteiger partial charge < -0.3 is 14.8 Å². The van der Waals surface area contributed by atoms with E-state index < -0.39 is 12.5 Å². The predicted molar refractivity (Wildman–Crippen MR) is 86.6 cm³/mol. The summed E-state index contributed by atoms with van der Waals surface area (Å²) in [5, 5.41) is 3.16. The molecule has 0 bridgehead atoms. The van der Waals surface area contributed by atoms with Crippen molar-refractivity contribution in [3.63, 3.8) is 0 Å². The first-order chi connectivity index (χ1) is 11.5. The number of carbonyl (C=O) groups is 1. The first kappa shape index (κ1) is 16.3. The number of nitrogens with one attached hydrogen (secondary N) is 1. The third-order valence-corrected chi connectivity index (χ3v) is 3.53. The van der Waals surface area contributed by atoms with Crippen LogP contribution < -0.4 is 14.8 Å². The predicted octanol–water partition coefficient (Wildman–Crippen LogP) is 4.36. The van der Waals surface area contributed by atoms with Crippen LogP contribution in [-0.2, 0) is 4.79 Å². The van der Waals surface area contributed by atoms with Crippen molar-refractivity contribution < 1.29 is 23.0 Å². The van der Waals surface area contributed by atoms with Crippen molar-refractivity contribution in [2.24, 2.45) is 0 Å². The Morgan fingerprint density at radius 1 is 1.25 bits per heavy atom. The Morgan fingerprint density at radius 3 is 2.88 bits per heavy atom. The molecule has 3 rings (SSSR count). The van der Waals surface area contributed by atoms with Crippen LogP contribution in [0.15, 0.2) is 48.0 Å². The minimum absolute atomic E-state index is 0.0335. The fraction of sp³-hybridized carbons (Fsp3) is 0.118. The van der Waals surface area contributed by atoms with Gasteiger partial charge in [-0.1, -0.05) is 17.7 Å². The molecule has 1 aliphatic rings. The summed E-state index contributed by atoms with van der Waals surface area (Å²) in [5.74, 6) is 0.215. The number of ether oxygens (including phenoxy) is 2. The van der Waals surface area contributed by atoms with E-state index in [-0.39, 0.29) is 12.4 Å². The molecule has 0 aromatic heterocycles. The van der Waals surface area contributed by atoms with E-state index in [2.05, 4.69) is 10.1 Å². The average Bonchev–Trinajstić information content (AvgIpc) is 2.53. The molecule has 0 spiro atoms. The van der Waals surface area contributed by atoms with Gasteiger partial charge in [-0.25, -0.2) is 0 Å². The van der Waals surface area contributed by atoms with Crippen molar-refractivity contribution in [2.75, 3.05) is 11.9 Å². The van der Waals surface area contributed by atoms with Gasteiger partial charge in [-0.05, 0) is 36.4 Å². The molecule has 0 radical (unpaired) electrons. The van der Waals surface area contributed by atoms with Gasteiger partial charge in [-0.15, -0.1) is 0 Å². The van der Waals surface area contributed by atoms with Gasteiger partial charge in [-0.3, -0.25) is 4.79 Å². The van der Waals surface area contributed by atoms with Crippen LogP contribution in [-0.4, -0.2) is 19.1 Å². The number of halogens is 3. The first-order valence-electron chi connectivity index (χ1n) is 7.00. The standard InChI is InChI=1S/C17H12ClF2NO3/c18-12-4-5-15-10(7-12)6-11(9-23-15)16(22)21-13-2-1-3-14(8-13)24-17(19)20/h1-8,17H,9H2,(H,21,22). The average molecular weight is 352 g/mol. The summed E-state index contributed by atoms with van der Waals surface area (Å²) in [6.45, 7) is -2.82. The summed E-state index contributed by atoms with van der Waals surface area (Å²) >= 11 is 5.93. The third kappa shape index (κ3) is 3.83. The summed E-state index contributed by atoms with van der Waals surface area (Å²) in [5.41, 5.74) is 1.44. The van der Waals surface area contributed by atoms with Crippen LogP contribution in [0.5, 0.6) is 11.5 Å². The van der Waals surface area contributed by atoms with Crippen LogP contribution in [0.25, 0.3) is 6.08 Å². The number of rotatable bonds is 4. The zero-order valence-corrected chi connectivity index (χ0v) is 13.0. The normalized spacial score (nSPS) is 12.9. The Morgan fingerprint density at radius 2 is 2.08 bits per heavy atom. The number of hydrogen-bond acceptors (Lipinski definition) is 3. The minimum Gasteiger partial charge on any atom is -0.488 e. The molecule has 0 saturated heterocycles. The Balaban J connectivity index is 1.76. The number of hydrogen-bond donors (Lipinski definition) is 1. The highest BCUT2D eigenvalue weighted by Gasteiger charge is 2.18. The molecule has 2 aromatic carbocycles. The van der Waals surface area contributed by atoms with E-state index in [1.807, 2.05) is 0 Å². The fourth-order valence-electron chi connectivity index (χ4n) is 2.24. The molecule has 7 heteroatoms. The van der Waals surface area contributed by atoms with E-state index in [0.717, 1.165) is 0 Å². The van der Waals surface area contributed by atoms with Gasteiger partial charge in [0.15, 0.2) is 0 Å². The van der Waals surface area contributed by atoms with Gasteiger partial charge in [0, 0.05) is 22.3 Å². The maximum atomic E-state index is 12.3. The topological polar surface area (TPSA) is 47.6 Å². The lowest BCUT2D eigenvalue weighted by Gasteiger charge is -2.18. The van der Waals surface area contributed by atoms with Gasteiger partial charge in [0.1, 0.15) is 18.1 Å². The van der Waals surface area contributed by atoms with E-state index in [4.69, 9.17) is 16.3 Å². The van der Waals surface area contributed by atoms with Crippen LogP contribution in [0.4, 0.5) is 14.5 Å².